The van der Waals surface area contributed by atoms with Crippen molar-refractivity contribution in [2.24, 2.45) is 17.8 Å². The SMILES string of the molecule is CCC(C)CCCCCCCCCCCCC(=O)OC[C@@H](COC(=O)CCCCCCCCC(C)CC)OC(=O)CCCCCCCCCCCCCCC(C)C. The maximum Gasteiger partial charge on any atom is 0.306 e. The van der Waals surface area contributed by atoms with Gasteiger partial charge in [-0.05, 0) is 37.0 Å². The lowest BCUT2D eigenvalue weighted by Crippen LogP contribution is -2.30. The summed E-state index contributed by atoms with van der Waals surface area (Å²) in [5.74, 6) is 1.66. The Hall–Kier alpha value is -1.59. The summed E-state index contributed by atoms with van der Waals surface area (Å²) < 4.78 is 16.8. The summed E-state index contributed by atoms with van der Waals surface area (Å²) in [4.78, 5) is 37.9. The van der Waals surface area contributed by atoms with Gasteiger partial charge in [0.2, 0.25) is 0 Å². The van der Waals surface area contributed by atoms with Crippen LogP contribution in [0.2, 0.25) is 0 Å². The Morgan fingerprint density at radius 1 is 0.351 bits per heavy atom. The number of ether oxygens (including phenoxy) is 3. The normalized spacial score (nSPS) is 13.1. The standard InChI is InChI=1S/C51H98O6/c1-7-46(5)38-32-26-20-16-13-14-17-21-28-34-40-49(52)55-43-48(44-56-50(53)41-35-29-24-23-27-33-39-47(6)8-2)57-51(54)42-36-30-22-18-12-10-9-11-15-19-25-31-37-45(3)4/h45-48H,7-44H2,1-6H3/t46?,47?,48-/m0/s1. The van der Waals surface area contributed by atoms with Gasteiger partial charge in [-0.1, -0.05) is 234 Å². The molecule has 0 saturated heterocycles. The van der Waals surface area contributed by atoms with Gasteiger partial charge in [-0.3, -0.25) is 14.4 Å². The number of carbonyl (C=O) groups is 3. The van der Waals surface area contributed by atoms with Gasteiger partial charge in [0, 0.05) is 19.3 Å². The van der Waals surface area contributed by atoms with Crippen molar-refractivity contribution in [2.45, 2.75) is 279 Å². The van der Waals surface area contributed by atoms with Crippen molar-refractivity contribution in [1.82, 2.24) is 0 Å². The van der Waals surface area contributed by atoms with Gasteiger partial charge in [-0.25, -0.2) is 0 Å². The molecule has 57 heavy (non-hydrogen) atoms. The second kappa shape index (κ2) is 42.5. The van der Waals surface area contributed by atoms with Crippen LogP contribution in [0.5, 0.6) is 0 Å². The van der Waals surface area contributed by atoms with E-state index in [0.717, 1.165) is 75.5 Å². The number of rotatable bonds is 44. The molecule has 0 radical (unpaired) electrons. The minimum Gasteiger partial charge on any atom is -0.462 e. The maximum absolute atomic E-state index is 12.8. The molecular weight excluding hydrogens is 709 g/mol. The third-order valence-electron chi connectivity index (χ3n) is 12.1. The summed E-state index contributed by atoms with van der Waals surface area (Å²) in [7, 11) is 0. The van der Waals surface area contributed by atoms with Gasteiger partial charge in [0.25, 0.3) is 0 Å². The summed E-state index contributed by atoms with van der Waals surface area (Å²) in [6, 6.07) is 0. The average Bonchev–Trinajstić information content (AvgIpc) is 3.19. The monoisotopic (exact) mass is 807 g/mol. The molecule has 0 saturated carbocycles. The van der Waals surface area contributed by atoms with E-state index in [0.29, 0.717) is 19.3 Å². The fourth-order valence-electron chi connectivity index (χ4n) is 7.52. The molecule has 0 aromatic rings. The van der Waals surface area contributed by atoms with E-state index >= 15 is 0 Å². The van der Waals surface area contributed by atoms with Crippen LogP contribution in [-0.4, -0.2) is 37.2 Å². The van der Waals surface area contributed by atoms with Crippen molar-refractivity contribution >= 4 is 17.9 Å². The van der Waals surface area contributed by atoms with E-state index < -0.39 is 6.10 Å². The molecule has 0 aliphatic heterocycles. The van der Waals surface area contributed by atoms with E-state index in [1.807, 2.05) is 0 Å². The topological polar surface area (TPSA) is 78.9 Å². The lowest BCUT2D eigenvalue weighted by Gasteiger charge is -2.18. The van der Waals surface area contributed by atoms with Crippen LogP contribution >= 0.6 is 0 Å². The molecule has 2 unspecified atom stereocenters. The Morgan fingerprint density at radius 3 is 0.912 bits per heavy atom. The zero-order valence-electron chi connectivity index (χ0n) is 39.1. The van der Waals surface area contributed by atoms with Crippen molar-refractivity contribution in [3.63, 3.8) is 0 Å². The van der Waals surface area contributed by atoms with Gasteiger partial charge in [-0.2, -0.15) is 0 Å². The highest BCUT2D eigenvalue weighted by Gasteiger charge is 2.19. The third-order valence-corrected chi connectivity index (χ3v) is 12.1. The molecule has 6 heteroatoms. The van der Waals surface area contributed by atoms with Crippen LogP contribution in [-0.2, 0) is 28.6 Å². The zero-order valence-corrected chi connectivity index (χ0v) is 39.1. The Balaban J connectivity index is 4.33. The van der Waals surface area contributed by atoms with E-state index in [2.05, 4.69) is 41.5 Å². The lowest BCUT2D eigenvalue weighted by atomic mass is 9.99. The molecule has 0 aromatic carbocycles. The zero-order chi connectivity index (χ0) is 42.0. The van der Waals surface area contributed by atoms with Crippen molar-refractivity contribution in [1.29, 1.82) is 0 Å². The van der Waals surface area contributed by atoms with E-state index in [-0.39, 0.29) is 31.1 Å². The van der Waals surface area contributed by atoms with Gasteiger partial charge in [0.15, 0.2) is 6.10 Å². The predicted octanol–water partition coefficient (Wildman–Crippen LogP) is 16.0. The molecule has 0 bridgehead atoms. The average molecular weight is 807 g/mol. The molecule has 0 heterocycles. The summed E-state index contributed by atoms with van der Waals surface area (Å²) in [5.41, 5.74) is 0. The number of hydrogen-bond donors (Lipinski definition) is 0. The Labute approximate surface area is 355 Å². The third kappa shape index (κ3) is 42.3. The number of esters is 3. The van der Waals surface area contributed by atoms with Crippen LogP contribution in [0, 0.1) is 17.8 Å². The predicted molar refractivity (Wildman–Crippen MR) is 243 cm³/mol. The summed E-state index contributed by atoms with van der Waals surface area (Å²) in [5, 5.41) is 0. The van der Waals surface area contributed by atoms with Gasteiger partial charge in [-0.15, -0.1) is 0 Å². The first-order valence-electron chi connectivity index (χ1n) is 25.2. The van der Waals surface area contributed by atoms with Crippen LogP contribution < -0.4 is 0 Å². The number of carbonyl (C=O) groups excluding carboxylic acids is 3. The fraction of sp³-hybridized carbons (Fsp3) is 0.941. The van der Waals surface area contributed by atoms with Crippen LogP contribution in [0.4, 0.5) is 0 Å². The summed E-state index contributed by atoms with van der Waals surface area (Å²) in [6.45, 7) is 13.7. The maximum atomic E-state index is 12.8. The molecule has 0 aliphatic carbocycles. The summed E-state index contributed by atoms with van der Waals surface area (Å²) >= 11 is 0. The van der Waals surface area contributed by atoms with E-state index in [9.17, 15) is 14.4 Å². The van der Waals surface area contributed by atoms with Crippen molar-refractivity contribution in [3.05, 3.63) is 0 Å². The minimum atomic E-state index is -0.763. The number of unbranched alkanes of at least 4 members (excludes halogenated alkanes) is 25. The van der Waals surface area contributed by atoms with Crippen molar-refractivity contribution in [3.8, 4) is 0 Å². The molecule has 0 rings (SSSR count). The second-order valence-corrected chi connectivity index (χ2v) is 18.4. The smallest absolute Gasteiger partial charge is 0.306 e. The highest BCUT2D eigenvalue weighted by Crippen LogP contribution is 2.18. The highest BCUT2D eigenvalue weighted by molar-refractivity contribution is 5.71. The fourth-order valence-corrected chi connectivity index (χ4v) is 7.52. The van der Waals surface area contributed by atoms with Gasteiger partial charge < -0.3 is 14.2 Å². The molecule has 0 aliphatic rings. The molecule has 0 N–H and O–H groups in total. The molecular formula is C51H98O6. The van der Waals surface area contributed by atoms with Crippen LogP contribution in [0.15, 0.2) is 0 Å². The largest absolute Gasteiger partial charge is 0.462 e. The first-order valence-corrected chi connectivity index (χ1v) is 25.2. The summed E-state index contributed by atoms with van der Waals surface area (Å²) in [6.07, 6.45) is 40.8. The first-order chi connectivity index (χ1) is 27.7. The highest BCUT2D eigenvalue weighted by atomic mass is 16.6. The van der Waals surface area contributed by atoms with Gasteiger partial charge in [0.05, 0.1) is 0 Å². The molecule has 0 fully saturated rings. The lowest BCUT2D eigenvalue weighted by molar-refractivity contribution is -0.167. The Bertz CT molecular complexity index is 887. The molecule has 0 spiro atoms. The van der Waals surface area contributed by atoms with E-state index in [1.54, 1.807) is 0 Å². The second-order valence-electron chi connectivity index (χ2n) is 18.4. The number of hydrogen-bond acceptors (Lipinski definition) is 6. The van der Waals surface area contributed by atoms with Gasteiger partial charge >= 0.3 is 17.9 Å². The molecule has 3 atom stereocenters. The minimum absolute atomic E-state index is 0.0657. The molecule has 0 aromatic heterocycles. The van der Waals surface area contributed by atoms with E-state index in [4.69, 9.17) is 14.2 Å². The molecule has 0 amide bonds. The Morgan fingerprint density at radius 2 is 0.614 bits per heavy atom. The quantitative estimate of drug-likeness (QED) is 0.0347. The van der Waals surface area contributed by atoms with Crippen LogP contribution in [0.1, 0.15) is 273 Å². The first kappa shape index (κ1) is 55.4. The van der Waals surface area contributed by atoms with Crippen LogP contribution in [0.25, 0.3) is 0 Å². The van der Waals surface area contributed by atoms with E-state index in [1.165, 1.54) is 154 Å². The Kier molecular flexibility index (Phi) is 41.3. The molecule has 338 valence electrons. The van der Waals surface area contributed by atoms with Crippen LogP contribution in [0.3, 0.4) is 0 Å². The van der Waals surface area contributed by atoms with Crippen molar-refractivity contribution < 1.29 is 28.6 Å². The van der Waals surface area contributed by atoms with Gasteiger partial charge in [0.1, 0.15) is 13.2 Å². The molecule has 6 nitrogen and oxygen atoms in total. The van der Waals surface area contributed by atoms with Crippen molar-refractivity contribution in [2.75, 3.05) is 13.2 Å².